The highest BCUT2D eigenvalue weighted by atomic mass is 32.2. The Labute approximate surface area is 123 Å². The quantitative estimate of drug-likeness (QED) is 0.786. The Hall–Kier alpha value is -1.72. The van der Waals surface area contributed by atoms with Crippen LogP contribution in [0.25, 0.3) is 10.2 Å². The van der Waals surface area contributed by atoms with Gasteiger partial charge < -0.3 is 5.73 Å². The average Bonchev–Trinajstić information content (AvgIpc) is 2.76. The molecule has 0 fully saturated rings. The molecule has 0 saturated heterocycles. The molecule has 0 spiro atoms. The van der Waals surface area contributed by atoms with Crippen LogP contribution in [0.4, 0.5) is 5.69 Å². The Morgan fingerprint density at radius 1 is 1.20 bits per heavy atom. The second kappa shape index (κ2) is 5.00. The van der Waals surface area contributed by atoms with Gasteiger partial charge in [0.2, 0.25) is 0 Å². The van der Waals surface area contributed by atoms with Crippen LogP contribution < -0.4 is 5.73 Å². The first-order chi connectivity index (χ1) is 9.58. The van der Waals surface area contributed by atoms with Crippen molar-refractivity contribution in [2.45, 2.75) is 23.0 Å². The lowest BCUT2D eigenvalue weighted by molar-refractivity contribution is 0.684. The van der Waals surface area contributed by atoms with Gasteiger partial charge in [0.15, 0.2) is 0 Å². The van der Waals surface area contributed by atoms with E-state index < -0.39 is 10.8 Å². The molecule has 0 aliphatic carbocycles. The molecule has 1 aromatic carbocycles. The van der Waals surface area contributed by atoms with E-state index in [0.29, 0.717) is 9.90 Å². The van der Waals surface area contributed by atoms with E-state index in [9.17, 15) is 4.21 Å². The smallest absolute Gasteiger partial charge is 0.127 e. The summed E-state index contributed by atoms with van der Waals surface area (Å²) in [5.41, 5.74) is 8.83. The van der Waals surface area contributed by atoms with E-state index in [0.717, 1.165) is 26.4 Å². The molecule has 0 unspecified atom stereocenters. The van der Waals surface area contributed by atoms with Crippen molar-refractivity contribution >= 4 is 38.0 Å². The number of aryl methyl sites for hydroxylation is 2. The molecule has 3 rings (SSSR count). The Balaban J connectivity index is 2.21. The maximum absolute atomic E-state index is 12.6. The van der Waals surface area contributed by atoms with Crippen LogP contribution in [0.5, 0.6) is 0 Å². The molecule has 20 heavy (non-hydrogen) atoms. The van der Waals surface area contributed by atoms with Crippen molar-refractivity contribution in [2.24, 2.45) is 0 Å². The van der Waals surface area contributed by atoms with Gasteiger partial charge in [0.25, 0.3) is 0 Å². The molecular formula is C15H14N2OS2. The second-order valence-electron chi connectivity index (χ2n) is 4.65. The first-order valence-electron chi connectivity index (χ1n) is 6.21. The normalized spacial score (nSPS) is 12.7. The summed E-state index contributed by atoms with van der Waals surface area (Å²) in [5.74, 6) is 0. The number of hydrogen-bond acceptors (Lipinski definition) is 4. The van der Waals surface area contributed by atoms with Gasteiger partial charge in [0.05, 0.1) is 16.5 Å². The van der Waals surface area contributed by atoms with Gasteiger partial charge in [-0.3, -0.25) is 0 Å². The van der Waals surface area contributed by atoms with Crippen molar-refractivity contribution in [1.29, 1.82) is 0 Å². The van der Waals surface area contributed by atoms with Gasteiger partial charge >= 0.3 is 0 Å². The monoisotopic (exact) mass is 302 g/mol. The van der Waals surface area contributed by atoms with E-state index in [1.807, 2.05) is 50.2 Å². The highest BCUT2D eigenvalue weighted by Gasteiger charge is 2.18. The lowest BCUT2D eigenvalue weighted by Gasteiger charge is -2.01. The Morgan fingerprint density at radius 3 is 2.60 bits per heavy atom. The average molecular weight is 302 g/mol. The van der Waals surface area contributed by atoms with Crippen LogP contribution in [-0.2, 0) is 10.8 Å². The van der Waals surface area contributed by atoms with Gasteiger partial charge in [-0.05, 0) is 37.6 Å². The van der Waals surface area contributed by atoms with E-state index in [2.05, 4.69) is 4.98 Å². The highest BCUT2D eigenvalue weighted by Crippen LogP contribution is 2.38. The van der Waals surface area contributed by atoms with Crippen LogP contribution in [0.15, 0.2) is 45.5 Å². The number of benzene rings is 1. The summed E-state index contributed by atoms with van der Waals surface area (Å²) < 4.78 is 13.3. The predicted molar refractivity (Wildman–Crippen MR) is 84.6 cm³/mol. The molecule has 2 aromatic heterocycles. The molecule has 0 aliphatic heterocycles. The summed E-state index contributed by atoms with van der Waals surface area (Å²) >= 11 is 1.42. The van der Waals surface area contributed by atoms with Crippen LogP contribution in [0.2, 0.25) is 0 Å². The summed E-state index contributed by atoms with van der Waals surface area (Å²) in [4.78, 5) is 6.12. The zero-order valence-electron chi connectivity index (χ0n) is 11.2. The zero-order valence-corrected chi connectivity index (χ0v) is 12.8. The molecule has 102 valence electrons. The number of pyridine rings is 1. The fourth-order valence-electron chi connectivity index (χ4n) is 2.24. The molecule has 2 N–H and O–H groups in total. The molecule has 2 heterocycles. The minimum Gasteiger partial charge on any atom is -0.396 e. The molecule has 1 atom stereocenters. The number of rotatable bonds is 2. The Morgan fingerprint density at radius 2 is 1.90 bits per heavy atom. The number of thiophene rings is 1. The number of hydrogen-bond donors (Lipinski definition) is 1. The summed E-state index contributed by atoms with van der Waals surface area (Å²) in [6.07, 6.45) is 0. The standard InChI is InChI=1S/C15H14N2OS2/c1-9-8-10(2)17-14-12(9)13(16)15(19-14)20(18)11-6-4-3-5-7-11/h3-8H,16H2,1-2H3/t20-/m1/s1. The first kappa shape index (κ1) is 13.3. The van der Waals surface area contributed by atoms with E-state index in [4.69, 9.17) is 5.73 Å². The zero-order chi connectivity index (χ0) is 14.3. The number of fused-ring (bicyclic) bond motifs is 1. The number of nitrogen functional groups attached to an aromatic ring is 1. The van der Waals surface area contributed by atoms with Gasteiger partial charge in [-0.2, -0.15) is 0 Å². The third-order valence-electron chi connectivity index (χ3n) is 3.12. The van der Waals surface area contributed by atoms with Crippen LogP contribution in [0, 0.1) is 13.8 Å². The summed E-state index contributed by atoms with van der Waals surface area (Å²) in [5, 5.41) is 0.930. The van der Waals surface area contributed by atoms with Gasteiger partial charge in [-0.25, -0.2) is 9.19 Å². The van der Waals surface area contributed by atoms with Crippen molar-refractivity contribution in [3.8, 4) is 0 Å². The largest absolute Gasteiger partial charge is 0.396 e. The van der Waals surface area contributed by atoms with E-state index >= 15 is 0 Å². The minimum absolute atomic E-state index is 0.595. The van der Waals surface area contributed by atoms with Gasteiger partial charge in [0.1, 0.15) is 9.04 Å². The topological polar surface area (TPSA) is 56.0 Å². The van der Waals surface area contributed by atoms with Gasteiger partial charge in [-0.1, -0.05) is 18.2 Å². The van der Waals surface area contributed by atoms with Gasteiger partial charge in [0, 0.05) is 16.0 Å². The number of nitrogens with zero attached hydrogens (tertiary/aromatic N) is 1. The number of aromatic nitrogens is 1. The van der Waals surface area contributed by atoms with Crippen molar-refractivity contribution in [3.63, 3.8) is 0 Å². The predicted octanol–water partition coefficient (Wildman–Crippen LogP) is 3.66. The van der Waals surface area contributed by atoms with E-state index in [-0.39, 0.29) is 0 Å². The van der Waals surface area contributed by atoms with E-state index in [1.165, 1.54) is 11.3 Å². The molecule has 0 aliphatic rings. The first-order valence-corrected chi connectivity index (χ1v) is 8.17. The summed E-state index contributed by atoms with van der Waals surface area (Å²) in [7, 11) is -1.25. The molecule has 0 saturated carbocycles. The molecule has 0 bridgehead atoms. The van der Waals surface area contributed by atoms with Crippen molar-refractivity contribution in [2.75, 3.05) is 5.73 Å². The SMILES string of the molecule is Cc1cc(C)c2c(N)c([S@](=O)c3ccccc3)sc2n1. The van der Waals surface area contributed by atoms with Crippen LogP contribution in [0.1, 0.15) is 11.3 Å². The van der Waals surface area contributed by atoms with Gasteiger partial charge in [-0.15, -0.1) is 11.3 Å². The minimum atomic E-state index is -1.25. The lowest BCUT2D eigenvalue weighted by Crippen LogP contribution is -1.95. The fourth-order valence-corrected chi connectivity index (χ4v) is 4.94. The van der Waals surface area contributed by atoms with Crippen molar-refractivity contribution < 1.29 is 4.21 Å². The maximum Gasteiger partial charge on any atom is 0.127 e. The fraction of sp³-hybridized carbons (Fsp3) is 0.133. The molecule has 3 aromatic rings. The second-order valence-corrected chi connectivity index (χ2v) is 7.32. The molecular weight excluding hydrogens is 288 g/mol. The van der Waals surface area contributed by atoms with Crippen LogP contribution in [-0.4, -0.2) is 9.19 Å². The molecule has 0 amide bonds. The van der Waals surface area contributed by atoms with Crippen LogP contribution in [0.3, 0.4) is 0 Å². The third-order valence-corrected chi connectivity index (χ3v) is 5.97. The lowest BCUT2D eigenvalue weighted by atomic mass is 10.2. The molecule has 5 heteroatoms. The van der Waals surface area contributed by atoms with Crippen molar-refractivity contribution in [1.82, 2.24) is 4.98 Å². The summed E-state index contributed by atoms with van der Waals surface area (Å²) in [6, 6.07) is 11.4. The molecule has 0 radical (unpaired) electrons. The van der Waals surface area contributed by atoms with E-state index in [1.54, 1.807) is 0 Å². The molecule has 3 nitrogen and oxygen atoms in total. The number of nitrogens with two attached hydrogens (primary N) is 1. The Bertz CT molecular complexity index is 810. The Kier molecular flexibility index (Phi) is 3.31. The maximum atomic E-state index is 12.6. The highest BCUT2D eigenvalue weighted by molar-refractivity contribution is 7.87. The van der Waals surface area contributed by atoms with Crippen LogP contribution >= 0.6 is 11.3 Å². The summed E-state index contributed by atoms with van der Waals surface area (Å²) in [6.45, 7) is 3.96. The van der Waals surface area contributed by atoms with Crippen molar-refractivity contribution in [3.05, 3.63) is 47.7 Å². The third kappa shape index (κ3) is 2.13. The number of anilines is 1.